The third-order valence-corrected chi connectivity index (χ3v) is 4.31. The average Bonchev–Trinajstić information content (AvgIpc) is 2.43. The SMILES string of the molecule is CC1(C(=O)CCS(C)(=O)=O)CCCC1N. The van der Waals surface area contributed by atoms with Crippen molar-refractivity contribution in [3.8, 4) is 0 Å². The van der Waals surface area contributed by atoms with Gasteiger partial charge in [-0.15, -0.1) is 0 Å². The summed E-state index contributed by atoms with van der Waals surface area (Å²) in [5, 5.41) is 0. The molecule has 0 aromatic carbocycles. The number of rotatable bonds is 4. The zero-order chi connectivity index (χ0) is 11.7. The molecule has 0 spiro atoms. The van der Waals surface area contributed by atoms with Crippen LogP contribution < -0.4 is 5.73 Å². The van der Waals surface area contributed by atoms with Gasteiger partial charge >= 0.3 is 0 Å². The first-order valence-electron chi connectivity index (χ1n) is 5.22. The van der Waals surface area contributed by atoms with E-state index >= 15 is 0 Å². The largest absolute Gasteiger partial charge is 0.327 e. The molecule has 0 aliphatic heterocycles. The lowest BCUT2D eigenvalue weighted by molar-refractivity contribution is -0.127. The van der Waals surface area contributed by atoms with E-state index in [0.717, 1.165) is 25.5 Å². The predicted octanol–water partition coefficient (Wildman–Crippen LogP) is 0.508. The lowest BCUT2D eigenvalue weighted by Gasteiger charge is -2.27. The Kier molecular flexibility index (Phi) is 3.55. The summed E-state index contributed by atoms with van der Waals surface area (Å²) < 4.78 is 21.9. The zero-order valence-corrected chi connectivity index (χ0v) is 10.1. The average molecular weight is 233 g/mol. The molecule has 0 heterocycles. The smallest absolute Gasteiger partial charge is 0.147 e. The van der Waals surface area contributed by atoms with Gasteiger partial charge in [0.15, 0.2) is 0 Å². The van der Waals surface area contributed by atoms with Gasteiger partial charge in [-0.25, -0.2) is 8.42 Å². The fraction of sp³-hybridized carbons (Fsp3) is 0.900. The Morgan fingerprint density at radius 1 is 1.53 bits per heavy atom. The van der Waals surface area contributed by atoms with Gasteiger partial charge in [0.2, 0.25) is 0 Å². The zero-order valence-electron chi connectivity index (χ0n) is 9.32. The van der Waals surface area contributed by atoms with Crippen LogP contribution in [0.5, 0.6) is 0 Å². The lowest BCUT2D eigenvalue weighted by atomic mass is 9.80. The quantitative estimate of drug-likeness (QED) is 0.767. The highest BCUT2D eigenvalue weighted by atomic mass is 32.2. The van der Waals surface area contributed by atoms with Gasteiger partial charge in [0.1, 0.15) is 15.6 Å². The molecule has 88 valence electrons. The highest BCUT2D eigenvalue weighted by molar-refractivity contribution is 7.90. The van der Waals surface area contributed by atoms with Crippen LogP contribution >= 0.6 is 0 Å². The Morgan fingerprint density at radius 3 is 2.53 bits per heavy atom. The molecule has 15 heavy (non-hydrogen) atoms. The Morgan fingerprint density at radius 2 is 2.13 bits per heavy atom. The van der Waals surface area contributed by atoms with Gasteiger partial charge in [-0.2, -0.15) is 0 Å². The normalized spacial score (nSPS) is 31.8. The van der Waals surface area contributed by atoms with E-state index in [4.69, 9.17) is 5.73 Å². The van der Waals surface area contributed by atoms with Crippen LogP contribution in [0.1, 0.15) is 32.6 Å². The minimum absolute atomic E-state index is 0.00192. The van der Waals surface area contributed by atoms with Crippen LogP contribution in [0.4, 0.5) is 0 Å². The maximum absolute atomic E-state index is 11.9. The molecule has 0 saturated heterocycles. The van der Waals surface area contributed by atoms with Crippen LogP contribution in [0.25, 0.3) is 0 Å². The van der Waals surface area contributed by atoms with Crippen molar-refractivity contribution in [1.29, 1.82) is 0 Å². The van der Waals surface area contributed by atoms with E-state index < -0.39 is 15.3 Å². The molecule has 2 atom stereocenters. The molecule has 0 bridgehead atoms. The summed E-state index contributed by atoms with van der Waals surface area (Å²) in [6.07, 6.45) is 3.86. The van der Waals surface area contributed by atoms with Crippen LogP contribution in [0.15, 0.2) is 0 Å². The molecule has 1 fully saturated rings. The highest BCUT2D eigenvalue weighted by Crippen LogP contribution is 2.38. The number of nitrogens with two attached hydrogens (primary N) is 1. The molecule has 2 N–H and O–H groups in total. The number of sulfone groups is 1. The van der Waals surface area contributed by atoms with E-state index in [9.17, 15) is 13.2 Å². The summed E-state index contributed by atoms with van der Waals surface area (Å²) in [6.45, 7) is 1.86. The molecular formula is C10H19NO3S. The predicted molar refractivity (Wildman–Crippen MR) is 59.3 cm³/mol. The number of ketones is 1. The van der Waals surface area contributed by atoms with Crippen LogP contribution in [0.3, 0.4) is 0 Å². The van der Waals surface area contributed by atoms with Crippen molar-refractivity contribution in [3.63, 3.8) is 0 Å². The molecule has 2 unspecified atom stereocenters. The van der Waals surface area contributed by atoms with E-state index in [2.05, 4.69) is 0 Å². The second-order valence-corrected chi connectivity index (χ2v) is 6.98. The van der Waals surface area contributed by atoms with Gasteiger partial charge in [-0.3, -0.25) is 4.79 Å². The van der Waals surface area contributed by atoms with Gasteiger partial charge in [0, 0.05) is 24.1 Å². The minimum Gasteiger partial charge on any atom is -0.327 e. The molecule has 0 aromatic heterocycles. The van der Waals surface area contributed by atoms with Gasteiger partial charge in [-0.05, 0) is 12.8 Å². The Labute approximate surface area is 91.1 Å². The molecule has 1 rings (SSSR count). The summed E-state index contributed by atoms with van der Waals surface area (Å²) in [6, 6.07) is -0.107. The van der Waals surface area contributed by atoms with Crippen molar-refractivity contribution in [2.75, 3.05) is 12.0 Å². The molecule has 0 amide bonds. The molecule has 1 aliphatic carbocycles. The topological polar surface area (TPSA) is 77.2 Å². The van der Waals surface area contributed by atoms with E-state index in [1.807, 2.05) is 6.92 Å². The number of carbonyl (C=O) groups is 1. The fourth-order valence-corrected chi connectivity index (χ4v) is 2.66. The van der Waals surface area contributed by atoms with Crippen LogP contribution in [-0.4, -0.2) is 32.3 Å². The van der Waals surface area contributed by atoms with E-state index in [1.54, 1.807) is 0 Å². The van der Waals surface area contributed by atoms with Crippen LogP contribution in [-0.2, 0) is 14.6 Å². The second-order valence-electron chi connectivity index (χ2n) is 4.72. The number of hydrogen-bond acceptors (Lipinski definition) is 4. The lowest BCUT2D eigenvalue weighted by Crippen LogP contribution is -2.41. The first-order valence-corrected chi connectivity index (χ1v) is 7.28. The fourth-order valence-electron chi connectivity index (χ4n) is 2.10. The van der Waals surface area contributed by atoms with Gasteiger partial charge in [0.05, 0.1) is 5.75 Å². The molecule has 1 saturated carbocycles. The monoisotopic (exact) mass is 233 g/mol. The Bertz CT molecular complexity index is 350. The van der Waals surface area contributed by atoms with Crippen molar-refractivity contribution < 1.29 is 13.2 Å². The molecular weight excluding hydrogens is 214 g/mol. The molecule has 0 radical (unpaired) electrons. The number of Topliss-reactive ketones (excluding diaryl/α,β-unsaturated/α-hetero) is 1. The number of carbonyl (C=O) groups excluding carboxylic acids is 1. The molecule has 4 nitrogen and oxygen atoms in total. The van der Waals surface area contributed by atoms with E-state index in [0.29, 0.717) is 0 Å². The maximum Gasteiger partial charge on any atom is 0.147 e. The third kappa shape index (κ3) is 3.01. The number of hydrogen-bond donors (Lipinski definition) is 1. The van der Waals surface area contributed by atoms with Crippen molar-refractivity contribution in [2.45, 2.75) is 38.6 Å². The van der Waals surface area contributed by atoms with Crippen molar-refractivity contribution in [2.24, 2.45) is 11.1 Å². The molecule has 5 heteroatoms. The highest BCUT2D eigenvalue weighted by Gasteiger charge is 2.42. The minimum atomic E-state index is -3.05. The second kappa shape index (κ2) is 4.22. The van der Waals surface area contributed by atoms with E-state index in [-0.39, 0.29) is 24.0 Å². The molecule has 1 aliphatic rings. The first kappa shape index (κ1) is 12.6. The van der Waals surface area contributed by atoms with Crippen molar-refractivity contribution in [1.82, 2.24) is 0 Å². The maximum atomic E-state index is 11.9. The third-order valence-electron chi connectivity index (χ3n) is 3.37. The first-order chi connectivity index (χ1) is 6.76. The Hall–Kier alpha value is -0.420. The summed E-state index contributed by atoms with van der Waals surface area (Å²) in [7, 11) is -3.05. The summed E-state index contributed by atoms with van der Waals surface area (Å²) in [5.74, 6) is -0.0633. The Balaban J connectivity index is 2.61. The summed E-state index contributed by atoms with van der Waals surface area (Å²) >= 11 is 0. The van der Waals surface area contributed by atoms with Crippen molar-refractivity contribution in [3.05, 3.63) is 0 Å². The van der Waals surface area contributed by atoms with Gasteiger partial charge < -0.3 is 5.73 Å². The summed E-state index contributed by atoms with van der Waals surface area (Å²) in [4.78, 5) is 11.9. The standard InChI is InChI=1S/C10H19NO3S/c1-10(6-3-4-8(10)11)9(12)5-7-15(2,13)14/h8H,3-7,11H2,1-2H3. The van der Waals surface area contributed by atoms with Gasteiger partial charge in [-0.1, -0.05) is 13.3 Å². The van der Waals surface area contributed by atoms with Gasteiger partial charge in [0.25, 0.3) is 0 Å². The van der Waals surface area contributed by atoms with E-state index in [1.165, 1.54) is 0 Å². The van der Waals surface area contributed by atoms with Crippen molar-refractivity contribution >= 4 is 15.6 Å². The molecule has 0 aromatic rings. The summed E-state index contributed by atoms with van der Waals surface area (Å²) in [5.41, 5.74) is 5.39. The van der Waals surface area contributed by atoms with Crippen LogP contribution in [0.2, 0.25) is 0 Å². The van der Waals surface area contributed by atoms with Crippen LogP contribution in [0, 0.1) is 5.41 Å².